The molecule has 0 amide bonds. The summed E-state index contributed by atoms with van der Waals surface area (Å²) in [6.07, 6.45) is 2.33. The Balaban J connectivity index is -0.000000180. The second-order valence-electron chi connectivity index (χ2n) is 2.79. The van der Waals surface area contributed by atoms with Crippen molar-refractivity contribution >= 4 is 23.0 Å². The average Bonchev–Trinajstić information content (AvgIpc) is 1.79. The van der Waals surface area contributed by atoms with E-state index in [-0.39, 0.29) is 39.8 Å². The van der Waals surface area contributed by atoms with E-state index in [1.807, 2.05) is 0 Å². The van der Waals surface area contributed by atoms with Crippen LogP contribution in [0, 0.1) is 12.8 Å². The maximum atomic E-state index is 10.0. The van der Waals surface area contributed by atoms with Gasteiger partial charge in [0, 0.05) is 0 Å². The van der Waals surface area contributed by atoms with Crippen molar-refractivity contribution in [3.8, 4) is 0 Å². The van der Waals surface area contributed by atoms with Gasteiger partial charge in [-0.1, -0.05) is 13.8 Å². The van der Waals surface area contributed by atoms with E-state index in [0.29, 0.717) is 0 Å². The quantitative estimate of drug-likeness (QED) is 0.563. The van der Waals surface area contributed by atoms with Crippen LogP contribution in [0.3, 0.4) is 0 Å². The maximum absolute atomic E-state index is 10.0. The Hall–Kier alpha value is -1.07. The summed E-state index contributed by atoms with van der Waals surface area (Å²) in [6.45, 7) is 5.70. The largest absolute Gasteiger partial charge is 2.00 e. The summed E-state index contributed by atoms with van der Waals surface area (Å²) in [6, 6.07) is 0. The first-order valence-electron chi connectivity index (χ1n) is 4.01. The van der Waals surface area contributed by atoms with E-state index < -0.39 is 0 Å². The Morgan fingerprint density at radius 2 is 1.00 bits per heavy atom. The van der Waals surface area contributed by atoms with Gasteiger partial charge in [0.15, 0.2) is 0 Å². The molecule has 5 heteroatoms. The normalized spacial score (nSPS) is 7.20. The van der Waals surface area contributed by atoms with Crippen molar-refractivity contribution in [2.75, 3.05) is 0 Å². The molecule has 15 heavy (non-hydrogen) atoms. The van der Waals surface area contributed by atoms with Crippen molar-refractivity contribution in [2.24, 2.45) is 0 Å². The third-order valence-corrected chi connectivity index (χ3v) is 0.824. The molecule has 0 saturated carbocycles. The molecule has 0 aromatic heterocycles. The van der Waals surface area contributed by atoms with Crippen molar-refractivity contribution in [1.82, 2.24) is 0 Å². The van der Waals surface area contributed by atoms with Crippen molar-refractivity contribution in [3.05, 3.63) is 23.7 Å². The van der Waals surface area contributed by atoms with E-state index in [9.17, 15) is 9.59 Å². The average molecular weight is 253 g/mol. The predicted molar refractivity (Wildman–Crippen MR) is 58.0 cm³/mol. The fraction of sp³-hybridized carbons (Fsp3) is 0.400. The van der Waals surface area contributed by atoms with Crippen LogP contribution < -0.4 is 0 Å². The van der Waals surface area contributed by atoms with Crippen LogP contribution >= 0.6 is 0 Å². The first-order chi connectivity index (χ1) is 6.25. The fourth-order valence-corrected chi connectivity index (χ4v) is 0.588. The molecule has 0 rings (SSSR count). The standard InChI is InChI=1S/2C5H7NO.Co/c2*1-4(6)3-5(2)7;/h2*3H,1-2H3;/q2*-2;+2. The van der Waals surface area contributed by atoms with Crippen molar-refractivity contribution < 1.29 is 26.4 Å². The molecule has 87 valence electrons. The third kappa shape index (κ3) is 32.2. The molecule has 4 nitrogen and oxygen atoms in total. The molecule has 0 aromatic rings. The Kier molecular flexibility index (Phi) is 14.3. The molecule has 0 heterocycles. The van der Waals surface area contributed by atoms with E-state index in [1.165, 1.54) is 40.5 Å². The summed E-state index contributed by atoms with van der Waals surface area (Å²) >= 11 is 0. The Morgan fingerprint density at radius 3 is 1.00 bits per heavy atom. The van der Waals surface area contributed by atoms with E-state index in [4.69, 9.17) is 10.8 Å². The second-order valence-corrected chi connectivity index (χ2v) is 2.79. The van der Waals surface area contributed by atoms with Crippen molar-refractivity contribution in [3.63, 3.8) is 0 Å². The third-order valence-electron chi connectivity index (χ3n) is 0.824. The molecular weight excluding hydrogens is 239 g/mol. The Morgan fingerprint density at radius 1 is 0.800 bits per heavy atom. The SMILES string of the molecule is CC(=[N-])[CH-]C(C)=O.CC(=[N-])[CH-]C(C)=O.[Co+2]. The van der Waals surface area contributed by atoms with Crippen LogP contribution in [-0.4, -0.2) is 23.0 Å². The van der Waals surface area contributed by atoms with Gasteiger partial charge in [-0.15, -0.1) is 0 Å². The monoisotopic (exact) mass is 253 g/mol. The molecule has 0 unspecified atom stereocenters. The van der Waals surface area contributed by atoms with Gasteiger partial charge in [-0.2, -0.15) is 0 Å². The molecule has 0 spiro atoms. The van der Waals surface area contributed by atoms with E-state index in [2.05, 4.69) is 0 Å². The molecule has 0 aliphatic rings. The summed E-state index contributed by atoms with van der Waals surface area (Å²) in [5.74, 6) is -0.250. The van der Waals surface area contributed by atoms with Crippen LogP contribution in [0.15, 0.2) is 0 Å². The summed E-state index contributed by atoms with van der Waals surface area (Å²) < 4.78 is 0. The van der Waals surface area contributed by atoms with Crippen molar-refractivity contribution in [2.45, 2.75) is 27.7 Å². The number of rotatable bonds is 4. The Labute approximate surface area is 101 Å². The molecule has 0 aliphatic heterocycles. The van der Waals surface area contributed by atoms with Crippen LogP contribution in [0.25, 0.3) is 10.8 Å². The minimum absolute atomic E-state index is 0. The van der Waals surface area contributed by atoms with E-state index in [1.54, 1.807) is 0 Å². The summed E-state index contributed by atoms with van der Waals surface area (Å²) in [7, 11) is 0. The first-order valence-corrected chi connectivity index (χ1v) is 4.01. The fourth-order valence-electron chi connectivity index (χ4n) is 0.588. The molecule has 0 atom stereocenters. The molecular formula is C10H14CoN2O2-2. The van der Waals surface area contributed by atoms with Gasteiger partial charge < -0.3 is 44.7 Å². The Bertz CT molecular complexity index is 200. The van der Waals surface area contributed by atoms with Crippen LogP contribution in [0.5, 0.6) is 0 Å². The van der Waals surface area contributed by atoms with Gasteiger partial charge in [-0.05, 0) is 25.4 Å². The number of nitrogens with zero attached hydrogens (tertiary/aromatic N) is 2. The minimum atomic E-state index is -0.125. The summed E-state index contributed by atoms with van der Waals surface area (Å²) in [5, 5.41) is 16.7. The van der Waals surface area contributed by atoms with Crippen LogP contribution in [0.4, 0.5) is 0 Å². The molecule has 0 aliphatic carbocycles. The number of carbonyl (C=O) groups excluding carboxylic acids is 2. The smallest absolute Gasteiger partial charge is 0.838 e. The molecule has 1 radical (unpaired) electrons. The number of hydrogen-bond acceptors (Lipinski definition) is 2. The van der Waals surface area contributed by atoms with E-state index in [0.717, 1.165) is 0 Å². The van der Waals surface area contributed by atoms with Gasteiger partial charge >= 0.3 is 16.8 Å². The first kappa shape index (κ1) is 19.5. The van der Waals surface area contributed by atoms with Gasteiger partial charge in [-0.25, -0.2) is 0 Å². The maximum Gasteiger partial charge on any atom is 2.00 e. The van der Waals surface area contributed by atoms with Gasteiger partial charge in [0.05, 0.1) is 0 Å². The van der Waals surface area contributed by atoms with Gasteiger partial charge in [-0.3, -0.25) is 0 Å². The van der Waals surface area contributed by atoms with E-state index >= 15 is 0 Å². The molecule has 0 fully saturated rings. The van der Waals surface area contributed by atoms with Crippen molar-refractivity contribution in [1.29, 1.82) is 0 Å². The zero-order valence-corrected chi connectivity index (χ0v) is 10.2. The molecule has 0 saturated heterocycles. The predicted octanol–water partition coefficient (Wildman–Crippen LogP) is 1.62. The van der Waals surface area contributed by atoms with Gasteiger partial charge in [0.1, 0.15) is 0 Å². The molecule has 0 aromatic carbocycles. The summed E-state index contributed by atoms with van der Waals surface area (Å²) in [4.78, 5) is 20.0. The zero-order valence-electron chi connectivity index (χ0n) is 9.20. The number of Topliss-reactive ketones (excluding diaryl/α,β-unsaturated/α-hetero) is 2. The topological polar surface area (TPSA) is 78.7 Å². The molecule has 0 bridgehead atoms. The van der Waals surface area contributed by atoms with Crippen LogP contribution in [-0.2, 0) is 26.4 Å². The minimum Gasteiger partial charge on any atom is -0.838 e. The summed E-state index contributed by atoms with van der Waals surface area (Å²) in [5.41, 5.74) is 0.125. The zero-order chi connectivity index (χ0) is 11.7. The molecule has 0 N–H and O–H groups in total. The van der Waals surface area contributed by atoms with Crippen LogP contribution in [0.2, 0.25) is 0 Å². The second kappa shape index (κ2) is 11.0. The number of hydrogen-bond donors (Lipinski definition) is 0. The van der Waals surface area contributed by atoms with Gasteiger partial charge in [0.2, 0.25) is 0 Å². The number of carbonyl (C=O) groups is 2. The van der Waals surface area contributed by atoms with Gasteiger partial charge in [0.25, 0.3) is 0 Å². The van der Waals surface area contributed by atoms with Crippen LogP contribution in [0.1, 0.15) is 27.7 Å². The number of ketones is 2.